The zero-order valence-corrected chi connectivity index (χ0v) is 7.88. The maximum Gasteiger partial charge on any atom is 0.411 e. The van der Waals surface area contributed by atoms with Gasteiger partial charge in [0.2, 0.25) is 0 Å². The molecule has 0 aliphatic carbocycles. The van der Waals surface area contributed by atoms with Gasteiger partial charge >= 0.3 is 6.18 Å². The van der Waals surface area contributed by atoms with E-state index in [0.29, 0.717) is 5.92 Å². The Hall–Kier alpha value is 0.0600. The van der Waals surface area contributed by atoms with Crippen LogP contribution in [0.4, 0.5) is 13.2 Å². The Labute approximate surface area is 79.2 Å². The fourth-order valence-electron chi connectivity index (χ4n) is 0.897. The van der Waals surface area contributed by atoms with Crippen molar-refractivity contribution in [3.63, 3.8) is 0 Å². The molecule has 0 amide bonds. The van der Waals surface area contributed by atoms with E-state index in [1.54, 1.807) is 0 Å². The Morgan fingerprint density at radius 1 is 1.38 bits per heavy atom. The molecular formula is C7H12F3NOS. The van der Waals surface area contributed by atoms with Gasteiger partial charge in [-0.05, 0) is 19.0 Å². The van der Waals surface area contributed by atoms with Crippen molar-refractivity contribution in [1.29, 1.82) is 0 Å². The van der Waals surface area contributed by atoms with Crippen LogP contribution in [0.2, 0.25) is 0 Å². The van der Waals surface area contributed by atoms with Gasteiger partial charge in [-0.1, -0.05) is 0 Å². The van der Waals surface area contributed by atoms with Gasteiger partial charge in [0.15, 0.2) is 0 Å². The first kappa shape index (κ1) is 11.1. The molecule has 1 aliphatic rings. The van der Waals surface area contributed by atoms with E-state index in [4.69, 9.17) is 0 Å². The number of hydrogen-bond acceptors (Lipinski definition) is 3. The molecule has 0 unspecified atom stereocenters. The molecule has 78 valence electrons. The molecule has 1 fully saturated rings. The summed E-state index contributed by atoms with van der Waals surface area (Å²) in [6.07, 6.45) is -4.20. The molecule has 0 saturated carbocycles. The standard InChI is InChI=1S/C7H12F3NOS/c8-7(9,10)4-12-5-13-3-6-1-11-2-6/h6,11H,1-5H2. The summed E-state index contributed by atoms with van der Waals surface area (Å²) < 4.78 is 39.2. The predicted octanol–water partition coefficient (Wildman–Crippen LogP) is 1.48. The zero-order valence-electron chi connectivity index (χ0n) is 7.06. The maximum atomic E-state index is 11.6. The van der Waals surface area contributed by atoms with Crippen molar-refractivity contribution < 1.29 is 17.9 Å². The number of hydrogen-bond donors (Lipinski definition) is 1. The number of halogens is 3. The molecule has 13 heavy (non-hydrogen) atoms. The predicted molar refractivity (Wildman–Crippen MR) is 45.7 cm³/mol. The third-order valence-corrected chi connectivity index (χ3v) is 2.69. The number of rotatable bonds is 5. The van der Waals surface area contributed by atoms with Gasteiger partial charge in [-0.25, -0.2) is 0 Å². The summed E-state index contributed by atoms with van der Waals surface area (Å²) in [4.78, 5) is 0. The zero-order chi connectivity index (χ0) is 9.73. The number of nitrogens with one attached hydrogen (secondary N) is 1. The van der Waals surface area contributed by atoms with Crippen molar-refractivity contribution in [1.82, 2.24) is 5.32 Å². The quantitative estimate of drug-likeness (QED) is 0.554. The van der Waals surface area contributed by atoms with Crippen LogP contribution in [0.15, 0.2) is 0 Å². The fourth-order valence-corrected chi connectivity index (χ4v) is 1.76. The molecule has 0 radical (unpaired) electrons. The molecule has 1 rings (SSSR count). The van der Waals surface area contributed by atoms with E-state index in [9.17, 15) is 13.2 Å². The summed E-state index contributed by atoms with van der Waals surface area (Å²) in [5, 5.41) is 3.09. The third kappa shape index (κ3) is 5.38. The summed E-state index contributed by atoms with van der Waals surface area (Å²) in [7, 11) is 0. The smallest absolute Gasteiger partial charge is 0.361 e. The molecule has 2 nitrogen and oxygen atoms in total. The second kappa shape index (κ2) is 5.07. The maximum absolute atomic E-state index is 11.6. The van der Waals surface area contributed by atoms with Gasteiger partial charge in [0.05, 0.1) is 5.94 Å². The molecule has 0 aromatic heterocycles. The molecule has 1 saturated heterocycles. The van der Waals surface area contributed by atoms with Crippen molar-refractivity contribution in [3.05, 3.63) is 0 Å². The van der Waals surface area contributed by atoms with Crippen LogP contribution < -0.4 is 5.32 Å². The first-order valence-corrected chi connectivity index (χ1v) is 5.16. The van der Waals surface area contributed by atoms with Crippen molar-refractivity contribution in [3.8, 4) is 0 Å². The first-order chi connectivity index (χ1) is 6.08. The summed E-state index contributed by atoms with van der Waals surface area (Å²) in [5.74, 6) is 1.63. The highest BCUT2D eigenvalue weighted by molar-refractivity contribution is 7.99. The van der Waals surface area contributed by atoms with Crippen LogP contribution in [0.1, 0.15) is 0 Å². The third-order valence-electron chi connectivity index (χ3n) is 1.65. The van der Waals surface area contributed by atoms with Crippen LogP contribution in [0, 0.1) is 5.92 Å². The highest BCUT2D eigenvalue weighted by Gasteiger charge is 2.27. The van der Waals surface area contributed by atoms with Crippen molar-refractivity contribution >= 4 is 11.8 Å². The second-order valence-electron chi connectivity index (χ2n) is 2.98. The van der Waals surface area contributed by atoms with E-state index in [1.807, 2.05) is 0 Å². The average molecular weight is 215 g/mol. The Bertz CT molecular complexity index is 149. The fraction of sp³-hybridized carbons (Fsp3) is 1.00. The number of thioether (sulfide) groups is 1. The molecule has 0 aromatic rings. The lowest BCUT2D eigenvalue weighted by molar-refractivity contribution is -0.168. The minimum atomic E-state index is -4.20. The van der Waals surface area contributed by atoms with E-state index < -0.39 is 12.8 Å². The lowest BCUT2D eigenvalue weighted by Crippen LogP contribution is -2.43. The first-order valence-electron chi connectivity index (χ1n) is 4.01. The minimum Gasteiger partial charge on any atom is -0.361 e. The van der Waals surface area contributed by atoms with E-state index in [1.165, 1.54) is 11.8 Å². The molecule has 0 aromatic carbocycles. The van der Waals surface area contributed by atoms with Gasteiger partial charge < -0.3 is 10.1 Å². The van der Waals surface area contributed by atoms with Crippen LogP contribution in [-0.4, -0.2) is 37.6 Å². The minimum absolute atomic E-state index is 0.135. The average Bonchev–Trinajstić information content (AvgIpc) is 1.90. The monoisotopic (exact) mass is 215 g/mol. The Balaban J connectivity index is 1.83. The van der Waals surface area contributed by atoms with Crippen molar-refractivity contribution in [2.75, 3.05) is 31.4 Å². The molecule has 0 atom stereocenters. The van der Waals surface area contributed by atoms with Crippen LogP contribution in [0.25, 0.3) is 0 Å². The highest BCUT2D eigenvalue weighted by atomic mass is 32.2. The highest BCUT2D eigenvalue weighted by Crippen LogP contribution is 2.17. The van der Waals surface area contributed by atoms with Crippen LogP contribution in [0.3, 0.4) is 0 Å². The number of alkyl halides is 3. The Kier molecular flexibility index (Phi) is 4.34. The lowest BCUT2D eigenvalue weighted by atomic mass is 10.1. The van der Waals surface area contributed by atoms with Gasteiger partial charge in [0, 0.05) is 5.75 Å². The van der Waals surface area contributed by atoms with Gasteiger partial charge in [0.1, 0.15) is 6.61 Å². The van der Waals surface area contributed by atoms with Crippen LogP contribution in [0.5, 0.6) is 0 Å². The summed E-state index contributed by atoms with van der Waals surface area (Å²) in [6, 6.07) is 0. The van der Waals surface area contributed by atoms with E-state index in [2.05, 4.69) is 10.1 Å². The molecule has 6 heteroatoms. The molecule has 0 bridgehead atoms. The summed E-state index contributed by atoms with van der Waals surface area (Å²) >= 11 is 1.42. The molecule has 1 heterocycles. The molecular weight excluding hydrogens is 203 g/mol. The van der Waals surface area contributed by atoms with Gasteiger partial charge in [-0.3, -0.25) is 0 Å². The second-order valence-corrected chi connectivity index (χ2v) is 3.95. The van der Waals surface area contributed by atoms with E-state index >= 15 is 0 Å². The topological polar surface area (TPSA) is 21.3 Å². The Morgan fingerprint density at radius 2 is 2.08 bits per heavy atom. The SMILES string of the molecule is FC(F)(F)COCSCC1CNC1. The van der Waals surface area contributed by atoms with Gasteiger partial charge in [-0.15, -0.1) is 11.8 Å². The van der Waals surface area contributed by atoms with Crippen LogP contribution in [-0.2, 0) is 4.74 Å². The van der Waals surface area contributed by atoms with Crippen molar-refractivity contribution in [2.45, 2.75) is 6.18 Å². The van der Waals surface area contributed by atoms with E-state index in [0.717, 1.165) is 18.8 Å². The van der Waals surface area contributed by atoms with Gasteiger partial charge in [0.25, 0.3) is 0 Å². The summed E-state index contributed by atoms with van der Waals surface area (Å²) in [5.41, 5.74) is 0. The largest absolute Gasteiger partial charge is 0.411 e. The normalized spacial score (nSPS) is 18.7. The van der Waals surface area contributed by atoms with Crippen LogP contribution >= 0.6 is 11.8 Å². The molecule has 1 N–H and O–H groups in total. The molecule has 1 aliphatic heterocycles. The number of ether oxygens (including phenoxy) is 1. The van der Waals surface area contributed by atoms with Crippen molar-refractivity contribution in [2.24, 2.45) is 5.92 Å². The lowest BCUT2D eigenvalue weighted by Gasteiger charge is -2.26. The van der Waals surface area contributed by atoms with E-state index in [-0.39, 0.29) is 5.94 Å². The Morgan fingerprint density at radius 3 is 2.54 bits per heavy atom. The molecule has 0 spiro atoms. The van der Waals surface area contributed by atoms with Gasteiger partial charge in [-0.2, -0.15) is 13.2 Å². The summed E-state index contributed by atoms with van der Waals surface area (Å²) in [6.45, 7) is 0.821.